The third-order valence-corrected chi connectivity index (χ3v) is 2.59. The quantitative estimate of drug-likeness (QED) is 0.685. The van der Waals surface area contributed by atoms with Gasteiger partial charge in [0.1, 0.15) is 11.3 Å². The van der Waals surface area contributed by atoms with Crippen LogP contribution in [0.2, 0.25) is 0 Å². The third kappa shape index (κ3) is 4.46. The lowest BCUT2D eigenvalue weighted by atomic mass is 10.2. The summed E-state index contributed by atoms with van der Waals surface area (Å²) >= 11 is 0. The standard InChI is InChI=1S/C14H20N2O4/c1-8(2)7-16-13(17)9(3)20-12-6-10(15)4-5-11(12)14(18)19/h4-6,8-9H,7,15H2,1-3H3,(H,16,17)(H,18,19). The van der Waals surface area contributed by atoms with E-state index in [0.717, 1.165) is 0 Å². The Morgan fingerprint density at radius 3 is 2.55 bits per heavy atom. The van der Waals surface area contributed by atoms with Gasteiger partial charge < -0.3 is 20.9 Å². The second-order valence-electron chi connectivity index (χ2n) is 4.96. The lowest BCUT2D eigenvalue weighted by Crippen LogP contribution is -2.38. The van der Waals surface area contributed by atoms with E-state index in [1.807, 2.05) is 13.8 Å². The van der Waals surface area contributed by atoms with Gasteiger partial charge in [0, 0.05) is 18.3 Å². The summed E-state index contributed by atoms with van der Waals surface area (Å²) in [7, 11) is 0. The summed E-state index contributed by atoms with van der Waals surface area (Å²) in [6.45, 7) is 6.05. The van der Waals surface area contributed by atoms with E-state index in [-0.39, 0.29) is 17.2 Å². The number of ether oxygens (including phenoxy) is 1. The monoisotopic (exact) mass is 280 g/mol. The van der Waals surface area contributed by atoms with Crippen LogP contribution in [0.3, 0.4) is 0 Å². The van der Waals surface area contributed by atoms with Crippen LogP contribution in [0.25, 0.3) is 0 Å². The summed E-state index contributed by atoms with van der Waals surface area (Å²) in [6, 6.07) is 4.22. The van der Waals surface area contributed by atoms with Crippen molar-refractivity contribution in [2.24, 2.45) is 5.92 Å². The fourth-order valence-corrected chi connectivity index (χ4v) is 1.51. The van der Waals surface area contributed by atoms with Crippen LogP contribution in [-0.4, -0.2) is 29.6 Å². The van der Waals surface area contributed by atoms with Crippen LogP contribution in [0.15, 0.2) is 18.2 Å². The first kappa shape index (κ1) is 15.8. The highest BCUT2D eigenvalue weighted by Crippen LogP contribution is 2.23. The predicted molar refractivity (Wildman–Crippen MR) is 75.8 cm³/mol. The van der Waals surface area contributed by atoms with Crippen molar-refractivity contribution in [3.8, 4) is 5.75 Å². The van der Waals surface area contributed by atoms with Gasteiger partial charge in [-0.15, -0.1) is 0 Å². The summed E-state index contributed by atoms with van der Waals surface area (Å²) in [4.78, 5) is 22.9. The number of nitrogen functional groups attached to an aromatic ring is 1. The molecule has 6 nitrogen and oxygen atoms in total. The Morgan fingerprint density at radius 1 is 1.35 bits per heavy atom. The summed E-state index contributed by atoms with van der Waals surface area (Å²) in [5.74, 6) is -1.01. The van der Waals surface area contributed by atoms with Crippen molar-refractivity contribution in [3.63, 3.8) is 0 Å². The molecule has 1 rings (SSSR count). The number of carbonyl (C=O) groups excluding carboxylic acids is 1. The minimum absolute atomic E-state index is 0.0253. The van der Waals surface area contributed by atoms with E-state index in [2.05, 4.69) is 5.32 Å². The molecule has 0 saturated carbocycles. The Labute approximate surface area is 117 Å². The van der Waals surface area contributed by atoms with Crippen molar-refractivity contribution in [1.82, 2.24) is 5.32 Å². The summed E-state index contributed by atoms with van der Waals surface area (Å²) in [5, 5.41) is 11.8. The van der Waals surface area contributed by atoms with Gasteiger partial charge in [-0.2, -0.15) is 0 Å². The van der Waals surface area contributed by atoms with Gasteiger partial charge >= 0.3 is 5.97 Å². The predicted octanol–water partition coefficient (Wildman–Crippen LogP) is 1.51. The van der Waals surface area contributed by atoms with Gasteiger partial charge in [0.15, 0.2) is 6.10 Å². The van der Waals surface area contributed by atoms with Gasteiger partial charge in [0.2, 0.25) is 0 Å². The van der Waals surface area contributed by atoms with Gasteiger partial charge in [0.25, 0.3) is 5.91 Å². The van der Waals surface area contributed by atoms with Gasteiger partial charge in [0.05, 0.1) is 0 Å². The van der Waals surface area contributed by atoms with Crippen LogP contribution in [-0.2, 0) is 4.79 Å². The minimum Gasteiger partial charge on any atom is -0.480 e. The highest BCUT2D eigenvalue weighted by Gasteiger charge is 2.19. The van der Waals surface area contributed by atoms with E-state index in [4.69, 9.17) is 15.6 Å². The molecule has 4 N–H and O–H groups in total. The molecular weight excluding hydrogens is 260 g/mol. The fraction of sp³-hybridized carbons (Fsp3) is 0.429. The highest BCUT2D eigenvalue weighted by atomic mass is 16.5. The molecule has 1 unspecified atom stereocenters. The molecule has 110 valence electrons. The van der Waals surface area contributed by atoms with Crippen molar-refractivity contribution in [3.05, 3.63) is 23.8 Å². The molecule has 6 heteroatoms. The number of hydrogen-bond acceptors (Lipinski definition) is 4. The average molecular weight is 280 g/mol. The molecule has 0 spiro atoms. The number of carboxylic acid groups (broad SMARTS) is 1. The van der Waals surface area contributed by atoms with Gasteiger partial charge in [-0.1, -0.05) is 13.8 Å². The first-order valence-corrected chi connectivity index (χ1v) is 6.38. The molecule has 0 aromatic heterocycles. The van der Waals surface area contributed by atoms with Gasteiger partial charge in [-0.3, -0.25) is 4.79 Å². The number of aromatic carboxylic acids is 1. The van der Waals surface area contributed by atoms with Crippen molar-refractivity contribution in [1.29, 1.82) is 0 Å². The Kier molecular flexibility index (Phi) is 5.37. The van der Waals surface area contributed by atoms with E-state index >= 15 is 0 Å². The Morgan fingerprint density at radius 2 is 2.00 bits per heavy atom. The summed E-state index contributed by atoms with van der Waals surface area (Å²) in [5.41, 5.74) is 5.95. The number of benzene rings is 1. The normalized spacial score (nSPS) is 12.0. The maximum Gasteiger partial charge on any atom is 0.339 e. The van der Waals surface area contributed by atoms with Crippen LogP contribution in [0.1, 0.15) is 31.1 Å². The molecular formula is C14H20N2O4. The fourth-order valence-electron chi connectivity index (χ4n) is 1.51. The molecule has 1 aromatic carbocycles. The zero-order valence-corrected chi connectivity index (χ0v) is 11.8. The van der Waals surface area contributed by atoms with Crippen molar-refractivity contribution in [2.75, 3.05) is 12.3 Å². The van der Waals surface area contributed by atoms with E-state index < -0.39 is 12.1 Å². The van der Waals surface area contributed by atoms with Gasteiger partial charge in [-0.05, 0) is 25.0 Å². The first-order valence-electron chi connectivity index (χ1n) is 6.38. The number of nitrogens with one attached hydrogen (secondary N) is 1. The zero-order valence-electron chi connectivity index (χ0n) is 11.8. The maximum absolute atomic E-state index is 11.8. The number of amides is 1. The Hall–Kier alpha value is -2.24. The van der Waals surface area contributed by atoms with E-state index in [0.29, 0.717) is 18.2 Å². The summed E-state index contributed by atoms with van der Waals surface area (Å²) in [6.07, 6.45) is -0.798. The second-order valence-corrected chi connectivity index (χ2v) is 4.96. The van der Waals surface area contributed by atoms with E-state index in [1.165, 1.54) is 18.2 Å². The van der Waals surface area contributed by atoms with Crippen LogP contribution >= 0.6 is 0 Å². The van der Waals surface area contributed by atoms with Crippen molar-refractivity contribution < 1.29 is 19.4 Å². The number of rotatable bonds is 6. The van der Waals surface area contributed by atoms with Crippen LogP contribution < -0.4 is 15.8 Å². The first-order chi connectivity index (χ1) is 9.31. The molecule has 1 amide bonds. The van der Waals surface area contributed by atoms with Crippen molar-refractivity contribution >= 4 is 17.6 Å². The maximum atomic E-state index is 11.8. The lowest BCUT2D eigenvalue weighted by molar-refractivity contribution is -0.127. The molecule has 0 saturated heterocycles. The SMILES string of the molecule is CC(C)CNC(=O)C(C)Oc1cc(N)ccc1C(=O)O. The molecule has 0 aliphatic rings. The molecule has 0 aliphatic carbocycles. The molecule has 20 heavy (non-hydrogen) atoms. The summed E-state index contributed by atoms with van der Waals surface area (Å²) < 4.78 is 5.41. The molecule has 0 aliphatic heterocycles. The van der Waals surface area contributed by atoms with E-state index in [1.54, 1.807) is 6.92 Å². The van der Waals surface area contributed by atoms with Gasteiger partial charge in [-0.25, -0.2) is 4.79 Å². The number of nitrogens with two attached hydrogens (primary N) is 1. The lowest BCUT2D eigenvalue weighted by Gasteiger charge is -2.17. The van der Waals surface area contributed by atoms with Crippen LogP contribution in [0.5, 0.6) is 5.75 Å². The molecule has 0 fully saturated rings. The average Bonchev–Trinajstić information content (AvgIpc) is 2.35. The molecule has 1 aromatic rings. The zero-order chi connectivity index (χ0) is 15.3. The Bertz CT molecular complexity index is 500. The topological polar surface area (TPSA) is 102 Å². The van der Waals surface area contributed by atoms with Crippen LogP contribution in [0, 0.1) is 5.92 Å². The van der Waals surface area contributed by atoms with Crippen molar-refractivity contribution in [2.45, 2.75) is 26.9 Å². The smallest absolute Gasteiger partial charge is 0.339 e. The molecule has 0 radical (unpaired) electrons. The molecule has 0 heterocycles. The number of hydrogen-bond donors (Lipinski definition) is 3. The molecule has 0 bridgehead atoms. The Balaban J connectivity index is 2.79. The number of carbonyl (C=O) groups is 2. The number of anilines is 1. The third-order valence-electron chi connectivity index (χ3n) is 2.59. The highest BCUT2D eigenvalue weighted by molar-refractivity contribution is 5.91. The largest absolute Gasteiger partial charge is 0.480 e. The van der Waals surface area contributed by atoms with E-state index in [9.17, 15) is 9.59 Å². The molecule has 1 atom stereocenters. The second kappa shape index (κ2) is 6.79. The van der Waals surface area contributed by atoms with Crippen LogP contribution in [0.4, 0.5) is 5.69 Å². The number of carboxylic acids is 1. The minimum atomic E-state index is -1.13.